The van der Waals surface area contributed by atoms with Gasteiger partial charge in [-0.2, -0.15) is 0 Å². The predicted octanol–water partition coefficient (Wildman–Crippen LogP) is -2.23. The summed E-state index contributed by atoms with van der Waals surface area (Å²) in [6.45, 7) is -0.332. The minimum Gasteiger partial charge on any atom is -0.395 e. The van der Waals surface area contributed by atoms with Crippen LogP contribution in [0.4, 0.5) is 0 Å². The van der Waals surface area contributed by atoms with Crippen molar-refractivity contribution in [1.29, 1.82) is 0 Å². The largest absolute Gasteiger partial charge is 0.395 e. The number of hydrogen-bond acceptors (Lipinski definition) is 5. The first-order chi connectivity index (χ1) is 6.11. The molecule has 4 atom stereocenters. The van der Waals surface area contributed by atoms with Crippen LogP contribution in [0.3, 0.4) is 0 Å². The summed E-state index contributed by atoms with van der Waals surface area (Å²) in [5, 5.41) is 36.9. The number of likely N-dealkylation sites (tertiary alicyclic amines) is 1. The highest BCUT2D eigenvalue weighted by Gasteiger charge is 2.38. The van der Waals surface area contributed by atoms with E-state index in [2.05, 4.69) is 0 Å². The van der Waals surface area contributed by atoms with Gasteiger partial charge in [0.15, 0.2) is 0 Å². The lowest BCUT2D eigenvalue weighted by Crippen LogP contribution is -2.60. The van der Waals surface area contributed by atoms with Crippen molar-refractivity contribution >= 4 is 0 Å². The SMILES string of the molecule is CN1[C@H](CO)[C@H](O)C[C@H](O)[C@H]1CO. The van der Waals surface area contributed by atoms with Crippen molar-refractivity contribution in [3.63, 3.8) is 0 Å². The van der Waals surface area contributed by atoms with Gasteiger partial charge in [0, 0.05) is 6.42 Å². The van der Waals surface area contributed by atoms with Gasteiger partial charge < -0.3 is 20.4 Å². The lowest BCUT2D eigenvalue weighted by atomic mass is 9.92. The number of likely N-dealkylation sites (N-methyl/N-ethyl adjacent to an activating group) is 1. The van der Waals surface area contributed by atoms with Crippen molar-refractivity contribution in [3.8, 4) is 0 Å². The molecule has 0 aromatic heterocycles. The van der Waals surface area contributed by atoms with Crippen molar-refractivity contribution in [3.05, 3.63) is 0 Å². The molecule has 1 aliphatic heterocycles. The Bertz CT molecular complexity index is 150. The van der Waals surface area contributed by atoms with Gasteiger partial charge in [-0.15, -0.1) is 0 Å². The Hall–Kier alpha value is -0.200. The fraction of sp³-hybridized carbons (Fsp3) is 1.00. The van der Waals surface area contributed by atoms with Crippen LogP contribution in [0.15, 0.2) is 0 Å². The van der Waals surface area contributed by atoms with Gasteiger partial charge in [-0.05, 0) is 7.05 Å². The molecule has 0 spiro atoms. The van der Waals surface area contributed by atoms with Crippen LogP contribution in [0.5, 0.6) is 0 Å². The van der Waals surface area contributed by atoms with Crippen molar-refractivity contribution in [2.24, 2.45) is 0 Å². The van der Waals surface area contributed by atoms with Gasteiger partial charge in [0.1, 0.15) is 0 Å². The normalized spacial score (nSPS) is 42.2. The Kier molecular flexibility index (Phi) is 3.63. The van der Waals surface area contributed by atoms with E-state index in [9.17, 15) is 10.2 Å². The quantitative estimate of drug-likeness (QED) is 0.397. The van der Waals surface area contributed by atoms with E-state index >= 15 is 0 Å². The summed E-state index contributed by atoms with van der Waals surface area (Å²) in [7, 11) is 1.67. The van der Waals surface area contributed by atoms with Crippen LogP contribution in [0.1, 0.15) is 6.42 Å². The molecule has 0 saturated carbocycles. The molecule has 5 heteroatoms. The summed E-state index contributed by atoms with van der Waals surface area (Å²) in [4.78, 5) is 1.62. The van der Waals surface area contributed by atoms with E-state index < -0.39 is 12.2 Å². The highest BCUT2D eigenvalue weighted by Crippen LogP contribution is 2.21. The van der Waals surface area contributed by atoms with Crippen LogP contribution in [0.2, 0.25) is 0 Å². The van der Waals surface area contributed by atoms with Crippen molar-refractivity contribution in [2.75, 3.05) is 20.3 Å². The number of aliphatic hydroxyl groups excluding tert-OH is 4. The first-order valence-corrected chi connectivity index (χ1v) is 4.41. The second kappa shape index (κ2) is 4.34. The van der Waals surface area contributed by atoms with Crippen molar-refractivity contribution < 1.29 is 20.4 Å². The number of aliphatic hydroxyl groups is 4. The fourth-order valence-electron chi connectivity index (χ4n) is 1.85. The summed E-state index contributed by atoms with van der Waals surface area (Å²) in [6, 6.07) is -0.777. The average molecular weight is 191 g/mol. The zero-order chi connectivity index (χ0) is 10.0. The third kappa shape index (κ3) is 2.00. The van der Waals surface area contributed by atoms with Gasteiger partial charge in [-0.3, -0.25) is 4.90 Å². The molecule has 5 nitrogen and oxygen atoms in total. The fourth-order valence-corrected chi connectivity index (χ4v) is 1.85. The Balaban J connectivity index is 2.69. The Morgan fingerprint density at radius 3 is 1.77 bits per heavy atom. The second-order valence-electron chi connectivity index (χ2n) is 3.54. The minimum absolute atomic E-state index is 0.166. The maximum atomic E-state index is 9.48. The number of rotatable bonds is 2. The molecule has 0 aromatic carbocycles. The van der Waals surface area contributed by atoms with Crippen LogP contribution < -0.4 is 0 Å². The molecule has 1 heterocycles. The van der Waals surface area contributed by atoms with E-state index in [0.717, 1.165) is 0 Å². The lowest BCUT2D eigenvalue weighted by molar-refractivity contribution is -0.101. The molecule has 1 saturated heterocycles. The van der Waals surface area contributed by atoms with Gasteiger partial charge >= 0.3 is 0 Å². The summed E-state index contributed by atoms with van der Waals surface area (Å²) in [5.41, 5.74) is 0. The molecule has 1 rings (SSSR count). The summed E-state index contributed by atoms with van der Waals surface area (Å²) in [5.74, 6) is 0. The topological polar surface area (TPSA) is 84.2 Å². The highest BCUT2D eigenvalue weighted by molar-refractivity contribution is 4.92. The smallest absolute Gasteiger partial charge is 0.0743 e. The van der Waals surface area contributed by atoms with Gasteiger partial charge in [0.2, 0.25) is 0 Å². The van der Waals surface area contributed by atoms with Crippen LogP contribution in [-0.2, 0) is 0 Å². The first-order valence-electron chi connectivity index (χ1n) is 4.41. The molecular formula is C8H17NO4. The molecule has 0 aliphatic carbocycles. The van der Waals surface area contributed by atoms with E-state index in [1.807, 2.05) is 0 Å². The number of nitrogens with zero attached hydrogens (tertiary/aromatic N) is 1. The van der Waals surface area contributed by atoms with E-state index in [4.69, 9.17) is 10.2 Å². The summed E-state index contributed by atoms with van der Waals surface area (Å²) >= 11 is 0. The van der Waals surface area contributed by atoms with Gasteiger partial charge in [-0.25, -0.2) is 0 Å². The molecule has 0 radical (unpaired) electrons. The molecule has 13 heavy (non-hydrogen) atoms. The molecular weight excluding hydrogens is 174 g/mol. The third-order valence-corrected chi connectivity index (χ3v) is 2.79. The molecule has 0 amide bonds. The predicted molar refractivity (Wildman–Crippen MR) is 46.1 cm³/mol. The van der Waals surface area contributed by atoms with Crippen LogP contribution in [0, 0.1) is 0 Å². The van der Waals surface area contributed by atoms with E-state index in [1.54, 1.807) is 11.9 Å². The Morgan fingerprint density at radius 1 is 1.08 bits per heavy atom. The molecule has 4 N–H and O–H groups in total. The maximum absolute atomic E-state index is 9.48. The van der Waals surface area contributed by atoms with E-state index in [-0.39, 0.29) is 31.7 Å². The third-order valence-electron chi connectivity index (χ3n) is 2.79. The molecule has 0 aromatic rings. The Morgan fingerprint density at radius 2 is 1.46 bits per heavy atom. The van der Waals surface area contributed by atoms with Gasteiger partial charge in [0.05, 0.1) is 37.5 Å². The first kappa shape index (κ1) is 10.9. The van der Waals surface area contributed by atoms with Crippen LogP contribution >= 0.6 is 0 Å². The van der Waals surface area contributed by atoms with Gasteiger partial charge in [-0.1, -0.05) is 0 Å². The van der Waals surface area contributed by atoms with Gasteiger partial charge in [0.25, 0.3) is 0 Å². The highest BCUT2D eigenvalue weighted by atomic mass is 16.3. The zero-order valence-electron chi connectivity index (χ0n) is 7.67. The standard InChI is InChI=1S/C8H17NO4/c1-9-5(3-10)7(12)2-8(13)6(9)4-11/h5-8,10-13H,2-4H2,1H3/t5-,6-,7-,8+/m1/s1. The lowest BCUT2D eigenvalue weighted by Gasteiger charge is -2.43. The molecule has 78 valence electrons. The van der Waals surface area contributed by atoms with Crippen molar-refractivity contribution in [1.82, 2.24) is 4.90 Å². The molecule has 0 unspecified atom stereocenters. The second-order valence-corrected chi connectivity index (χ2v) is 3.54. The minimum atomic E-state index is -0.729. The van der Waals surface area contributed by atoms with Crippen LogP contribution in [-0.4, -0.2) is 69.9 Å². The Labute approximate surface area is 77.2 Å². The monoisotopic (exact) mass is 191 g/mol. The molecule has 1 fully saturated rings. The number of hydrogen-bond donors (Lipinski definition) is 4. The average Bonchev–Trinajstić information content (AvgIpc) is 2.04. The zero-order valence-corrected chi connectivity index (χ0v) is 7.67. The number of piperidine rings is 1. The van der Waals surface area contributed by atoms with Crippen LogP contribution in [0.25, 0.3) is 0 Å². The van der Waals surface area contributed by atoms with E-state index in [0.29, 0.717) is 0 Å². The van der Waals surface area contributed by atoms with E-state index in [1.165, 1.54) is 0 Å². The molecule has 1 aliphatic rings. The summed E-state index contributed by atoms with van der Waals surface area (Å²) < 4.78 is 0. The van der Waals surface area contributed by atoms with Crippen molar-refractivity contribution in [2.45, 2.75) is 30.7 Å². The summed E-state index contributed by atoms with van der Waals surface area (Å²) in [6.07, 6.45) is -1.25. The molecule has 0 bridgehead atoms. The maximum Gasteiger partial charge on any atom is 0.0743 e.